The van der Waals surface area contributed by atoms with E-state index in [-0.39, 0.29) is 11.7 Å². The van der Waals surface area contributed by atoms with Crippen LogP contribution in [-0.4, -0.2) is 11.7 Å². The summed E-state index contributed by atoms with van der Waals surface area (Å²) in [5, 5.41) is 17.8. The average Bonchev–Trinajstić information content (AvgIpc) is 2.40. The first kappa shape index (κ1) is 12.6. The van der Waals surface area contributed by atoms with E-state index in [0.29, 0.717) is 11.1 Å². The zero-order valence-electron chi connectivity index (χ0n) is 10.3. The lowest BCUT2D eigenvalue weighted by molar-refractivity contribution is 1.41. The van der Waals surface area contributed by atoms with Crippen LogP contribution in [0.2, 0.25) is 0 Å². The summed E-state index contributed by atoms with van der Waals surface area (Å²) < 4.78 is 0. The van der Waals surface area contributed by atoms with E-state index >= 15 is 0 Å². The Labute approximate surface area is 111 Å². The molecule has 0 unspecified atom stereocenters. The molecule has 5 heteroatoms. The molecule has 0 amide bonds. The summed E-state index contributed by atoms with van der Waals surface area (Å²) in [6.07, 6.45) is 0. The van der Waals surface area contributed by atoms with Crippen LogP contribution in [0.4, 0.5) is 11.4 Å². The highest BCUT2D eigenvalue weighted by Gasteiger charge is 1.99. The Morgan fingerprint density at radius 1 is 0.684 bits per heavy atom. The van der Waals surface area contributed by atoms with Gasteiger partial charge < -0.3 is 16.8 Å². The van der Waals surface area contributed by atoms with Crippen molar-refractivity contribution in [3.8, 4) is 0 Å². The third-order valence-corrected chi connectivity index (χ3v) is 2.68. The lowest BCUT2D eigenvalue weighted by atomic mass is 10.1. The molecule has 0 aliphatic heterocycles. The highest BCUT2D eigenvalue weighted by Crippen LogP contribution is 2.17. The first-order valence-corrected chi connectivity index (χ1v) is 5.72. The number of nitrogens with two attached hydrogens (primary N) is 2. The highest BCUT2D eigenvalue weighted by molar-refractivity contribution is 5.96. The number of amidine groups is 2. The molecule has 0 aliphatic carbocycles. The average molecular weight is 253 g/mol. The van der Waals surface area contributed by atoms with Crippen LogP contribution in [0.15, 0.2) is 48.5 Å². The van der Waals surface area contributed by atoms with Crippen molar-refractivity contribution in [2.75, 3.05) is 5.32 Å². The minimum atomic E-state index is 0.0531. The summed E-state index contributed by atoms with van der Waals surface area (Å²) in [5.41, 5.74) is 14.0. The largest absolute Gasteiger partial charge is 0.384 e. The Hall–Kier alpha value is -2.82. The Balaban J connectivity index is 2.12. The van der Waals surface area contributed by atoms with Crippen molar-refractivity contribution in [2.45, 2.75) is 0 Å². The number of anilines is 2. The summed E-state index contributed by atoms with van der Waals surface area (Å²) in [7, 11) is 0. The van der Waals surface area contributed by atoms with Gasteiger partial charge in [-0.2, -0.15) is 0 Å². The molecule has 0 bridgehead atoms. The van der Waals surface area contributed by atoms with Crippen LogP contribution in [-0.2, 0) is 0 Å². The first-order valence-electron chi connectivity index (χ1n) is 5.72. The standard InChI is InChI=1S/C14H15N5/c15-13(16)9-1-5-11(6-2-9)19-12-7-3-10(4-8-12)14(17)18/h1-8,19H,(H3,15,16)(H3,17,18). The zero-order chi connectivity index (χ0) is 13.8. The Kier molecular flexibility index (Phi) is 3.47. The van der Waals surface area contributed by atoms with E-state index in [9.17, 15) is 0 Å². The van der Waals surface area contributed by atoms with E-state index in [2.05, 4.69) is 5.32 Å². The number of benzene rings is 2. The van der Waals surface area contributed by atoms with E-state index in [1.807, 2.05) is 24.3 Å². The molecule has 19 heavy (non-hydrogen) atoms. The number of rotatable bonds is 4. The second kappa shape index (κ2) is 5.22. The van der Waals surface area contributed by atoms with Gasteiger partial charge in [-0.25, -0.2) is 0 Å². The van der Waals surface area contributed by atoms with Gasteiger partial charge in [0, 0.05) is 22.5 Å². The van der Waals surface area contributed by atoms with Crippen LogP contribution in [0.5, 0.6) is 0 Å². The van der Waals surface area contributed by atoms with E-state index in [4.69, 9.17) is 22.3 Å². The smallest absolute Gasteiger partial charge is 0.122 e. The summed E-state index contributed by atoms with van der Waals surface area (Å²) in [4.78, 5) is 0. The van der Waals surface area contributed by atoms with Crippen LogP contribution >= 0.6 is 0 Å². The van der Waals surface area contributed by atoms with Gasteiger partial charge in [0.05, 0.1) is 0 Å². The van der Waals surface area contributed by atoms with Gasteiger partial charge in [-0.15, -0.1) is 0 Å². The number of nitrogen functional groups attached to an aromatic ring is 2. The molecule has 7 N–H and O–H groups in total. The maximum atomic E-state index is 7.32. The molecule has 2 aromatic rings. The van der Waals surface area contributed by atoms with Crippen molar-refractivity contribution in [2.24, 2.45) is 11.5 Å². The van der Waals surface area contributed by atoms with Gasteiger partial charge in [0.1, 0.15) is 11.7 Å². The Morgan fingerprint density at radius 2 is 1.00 bits per heavy atom. The molecular formula is C14H15N5. The summed E-state index contributed by atoms with van der Waals surface area (Å²) in [5.74, 6) is 0.106. The van der Waals surface area contributed by atoms with Crippen LogP contribution in [0.3, 0.4) is 0 Å². The summed E-state index contributed by atoms with van der Waals surface area (Å²) in [6, 6.07) is 14.6. The van der Waals surface area contributed by atoms with Gasteiger partial charge in [-0.05, 0) is 48.5 Å². The molecule has 0 heterocycles. The molecule has 2 aromatic carbocycles. The number of hydrogen-bond acceptors (Lipinski definition) is 3. The lowest BCUT2D eigenvalue weighted by Crippen LogP contribution is -2.11. The summed E-state index contributed by atoms with van der Waals surface area (Å²) in [6.45, 7) is 0. The van der Waals surface area contributed by atoms with Crippen LogP contribution < -0.4 is 16.8 Å². The van der Waals surface area contributed by atoms with Gasteiger partial charge in [0.15, 0.2) is 0 Å². The van der Waals surface area contributed by atoms with Crippen LogP contribution in [0.25, 0.3) is 0 Å². The minimum absolute atomic E-state index is 0.0531. The van der Waals surface area contributed by atoms with Crippen molar-refractivity contribution >= 4 is 23.0 Å². The predicted octanol–water partition coefficient (Wildman–Crippen LogP) is 2.00. The van der Waals surface area contributed by atoms with Crippen LogP contribution in [0.1, 0.15) is 11.1 Å². The second-order valence-electron chi connectivity index (χ2n) is 4.11. The molecular weight excluding hydrogens is 238 g/mol. The Bertz CT molecular complexity index is 543. The monoisotopic (exact) mass is 253 g/mol. The first-order chi connectivity index (χ1) is 9.06. The van der Waals surface area contributed by atoms with E-state index in [1.165, 1.54) is 0 Å². The fourth-order valence-corrected chi connectivity index (χ4v) is 1.63. The fourth-order valence-electron chi connectivity index (χ4n) is 1.63. The molecule has 0 saturated carbocycles. The maximum absolute atomic E-state index is 7.32. The molecule has 2 rings (SSSR count). The van der Waals surface area contributed by atoms with Gasteiger partial charge in [-0.1, -0.05) is 0 Å². The number of hydrogen-bond donors (Lipinski definition) is 5. The Morgan fingerprint density at radius 3 is 1.26 bits per heavy atom. The lowest BCUT2D eigenvalue weighted by Gasteiger charge is -2.08. The second-order valence-corrected chi connectivity index (χ2v) is 4.11. The molecule has 96 valence electrons. The third-order valence-electron chi connectivity index (χ3n) is 2.68. The van der Waals surface area contributed by atoms with Crippen molar-refractivity contribution in [3.63, 3.8) is 0 Å². The van der Waals surface area contributed by atoms with E-state index in [0.717, 1.165) is 11.4 Å². The van der Waals surface area contributed by atoms with Gasteiger partial charge in [-0.3, -0.25) is 10.8 Å². The van der Waals surface area contributed by atoms with Gasteiger partial charge >= 0.3 is 0 Å². The topological polar surface area (TPSA) is 112 Å². The molecule has 0 fully saturated rings. The quantitative estimate of drug-likeness (QED) is 0.424. The van der Waals surface area contributed by atoms with Gasteiger partial charge in [0.25, 0.3) is 0 Å². The summed E-state index contributed by atoms with van der Waals surface area (Å²) >= 11 is 0. The molecule has 0 atom stereocenters. The normalized spacial score (nSPS) is 9.89. The molecule has 0 saturated heterocycles. The van der Waals surface area contributed by atoms with E-state index < -0.39 is 0 Å². The molecule has 0 spiro atoms. The van der Waals surface area contributed by atoms with Crippen molar-refractivity contribution in [1.29, 1.82) is 10.8 Å². The van der Waals surface area contributed by atoms with Crippen molar-refractivity contribution in [3.05, 3.63) is 59.7 Å². The highest BCUT2D eigenvalue weighted by atomic mass is 14.9. The van der Waals surface area contributed by atoms with Crippen LogP contribution in [0, 0.1) is 10.8 Å². The molecule has 0 radical (unpaired) electrons. The van der Waals surface area contributed by atoms with E-state index in [1.54, 1.807) is 24.3 Å². The van der Waals surface area contributed by atoms with Crippen molar-refractivity contribution < 1.29 is 0 Å². The SMILES string of the molecule is N=C(N)c1ccc(Nc2ccc(C(=N)N)cc2)cc1. The zero-order valence-corrected chi connectivity index (χ0v) is 10.3. The maximum Gasteiger partial charge on any atom is 0.122 e. The molecule has 0 aliphatic rings. The fraction of sp³-hybridized carbons (Fsp3) is 0. The predicted molar refractivity (Wildman–Crippen MR) is 78.2 cm³/mol. The van der Waals surface area contributed by atoms with Gasteiger partial charge in [0.2, 0.25) is 0 Å². The number of nitrogens with one attached hydrogen (secondary N) is 3. The molecule has 5 nitrogen and oxygen atoms in total. The third kappa shape index (κ3) is 3.10. The van der Waals surface area contributed by atoms with Crippen molar-refractivity contribution in [1.82, 2.24) is 0 Å². The minimum Gasteiger partial charge on any atom is -0.384 e. The molecule has 0 aromatic heterocycles.